The van der Waals surface area contributed by atoms with E-state index in [9.17, 15) is 14.5 Å². The summed E-state index contributed by atoms with van der Waals surface area (Å²) in [4.78, 5) is 10.3. The molecule has 2 rings (SSSR count). The molecule has 0 aliphatic carbocycles. The summed E-state index contributed by atoms with van der Waals surface area (Å²) in [5, 5.41) is 14.1. The number of nitro groups is 1. The van der Waals surface area contributed by atoms with E-state index in [1.807, 2.05) is 6.92 Å². The Kier molecular flexibility index (Phi) is 4.20. The molecule has 20 heavy (non-hydrogen) atoms. The van der Waals surface area contributed by atoms with Crippen LogP contribution < -0.4 is 5.32 Å². The predicted molar refractivity (Wildman–Crippen MR) is 76.6 cm³/mol. The van der Waals surface area contributed by atoms with Crippen LogP contribution >= 0.6 is 11.6 Å². The number of anilines is 1. The summed E-state index contributed by atoms with van der Waals surface area (Å²) in [6, 6.07) is 8.80. The number of aryl methyl sites for hydroxylation is 1. The lowest BCUT2D eigenvalue weighted by atomic mass is 10.1. The summed E-state index contributed by atoms with van der Waals surface area (Å²) in [7, 11) is 0. The number of nitrogens with one attached hydrogen (secondary N) is 1. The summed E-state index contributed by atoms with van der Waals surface area (Å²) in [5.74, 6) is -0.412. The zero-order valence-electron chi connectivity index (χ0n) is 10.7. The van der Waals surface area contributed by atoms with Gasteiger partial charge in [0.2, 0.25) is 0 Å². The van der Waals surface area contributed by atoms with Crippen molar-refractivity contribution in [2.75, 3.05) is 5.32 Å². The smallest absolute Gasteiger partial charge is 0.271 e. The predicted octanol–water partition coefficient (Wildman–Crippen LogP) is 4.31. The van der Waals surface area contributed by atoms with Gasteiger partial charge in [-0.3, -0.25) is 10.1 Å². The first-order chi connectivity index (χ1) is 9.45. The van der Waals surface area contributed by atoms with Gasteiger partial charge in [0.15, 0.2) is 0 Å². The molecule has 0 heterocycles. The molecule has 0 bridgehead atoms. The maximum absolute atomic E-state index is 13.2. The molecule has 0 saturated carbocycles. The normalized spacial score (nSPS) is 10.3. The molecule has 2 aromatic carbocycles. The van der Waals surface area contributed by atoms with Crippen molar-refractivity contribution in [2.24, 2.45) is 0 Å². The fourth-order valence-electron chi connectivity index (χ4n) is 1.82. The second-order valence-electron chi connectivity index (χ2n) is 4.39. The number of nitro benzene ring substituents is 1. The van der Waals surface area contributed by atoms with Gasteiger partial charge in [-0.15, -0.1) is 0 Å². The second-order valence-corrected chi connectivity index (χ2v) is 4.82. The highest BCUT2D eigenvalue weighted by Crippen LogP contribution is 2.23. The van der Waals surface area contributed by atoms with E-state index < -0.39 is 10.7 Å². The van der Waals surface area contributed by atoms with Crippen LogP contribution in [0, 0.1) is 22.9 Å². The number of non-ortho nitro benzene ring substituents is 1. The Hall–Kier alpha value is -2.14. The minimum absolute atomic E-state index is 0.00961. The van der Waals surface area contributed by atoms with Gasteiger partial charge >= 0.3 is 0 Å². The van der Waals surface area contributed by atoms with Crippen molar-refractivity contribution in [3.8, 4) is 0 Å². The number of rotatable bonds is 4. The van der Waals surface area contributed by atoms with E-state index in [0.717, 1.165) is 5.56 Å². The second kappa shape index (κ2) is 5.88. The molecule has 104 valence electrons. The van der Waals surface area contributed by atoms with Crippen LogP contribution in [0.5, 0.6) is 0 Å². The van der Waals surface area contributed by atoms with Crippen molar-refractivity contribution in [1.29, 1.82) is 0 Å². The van der Waals surface area contributed by atoms with E-state index in [1.165, 1.54) is 24.3 Å². The SMILES string of the molecule is Cc1ccc([N+](=O)[O-])cc1NCc1cc(F)cc(Cl)c1. The van der Waals surface area contributed by atoms with Crippen LogP contribution in [-0.2, 0) is 6.54 Å². The number of nitrogens with zero attached hydrogens (tertiary/aromatic N) is 1. The lowest BCUT2D eigenvalue weighted by molar-refractivity contribution is -0.384. The van der Waals surface area contributed by atoms with E-state index in [4.69, 9.17) is 11.6 Å². The summed E-state index contributed by atoms with van der Waals surface area (Å²) in [6.07, 6.45) is 0. The highest BCUT2D eigenvalue weighted by molar-refractivity contribution is 6.30. The van der Waals surface area contributed by atoms with Crippen LogP contribution in [0.1, 0.15) is 11.1 Å². The van der Waals surface area contributed by atoms with Crippen molar-refractivity contribution in [2.45, 2.75) is 13.5 Å². The van der Waals surface area contributed by atoms with Crippen molar-refractivity contribution < 1.29 is 9.31 Å². The molecule has 0 amide bonds. The zero-order chi connectivity index (χ0) is 14.7. The Balaban J connectivity index is 2.18. The van der Waals surface area contributed by atoms with Crippen LogP contribution in [0.4, 0.5) is 15.8 Å². The van der Waals surface area contributed by atoms with Crippen molar-refractivity contribution in [3.63, 3.8) is 0 Å². The fraction of sp³-hybridized carbons (Fsp3) is 0.143. The van der Waals surface area contributed by atoms with Crippen molar-refractivity contribution in [1.82, 2.24) is 0 Å². The van der Waals surface area contributed by atoms with Gasteiger partial charge in [0.25, 0.3) is 5.69 Å². The molecule has 4 nitrogen and oxygen atoms in total. The highest BCUT2D eigenvalue weighted by Gasteiger charge is 2.08. The lowest BCUT2D eigenvalue weighted by Gasteiger charge is -2.10. The van der Waals surface area contributed by atoms with E-state index >= 15 is 0 Å². The topological polar surface area (TPSA) is 55.2 Å². The van der Waals surface area contributed by atoms with Gasteiger partial charge in [-0.05, 0) is 36.2 Å². The Bertz CT molecular complexity index is 641. The Morgan fingerprint density at radius 3 is 2.70 bits per heavy atom. The van der Waals surface area contributed by atoms with Crippen molar-refractivity contribution in [3.05, 3.63) is 68.5 Å². The van der Waals surface area contributed by atoms with Crippen LogP contribution in [0.15, 0.2) is 36.4 Å². The van der Waals surface area contributed by atoms with E-state index in [1.54, 1.807) is 12.1 Å². The Labute approximate surface area is 120 Å². The minimum atomic E-state index is -0.455. The first kappa shape index (κ1) is 14.3. The van der Waals surface area contributed by atoms with Crippen LogP contribution in [0.2, 0.25) is 5.02 Å². The van der Waals surface area contributed by atoms with Gasteiger partial charge in [-0.1, -0.05) is 17.7 Å². The summed E-state index contributed by atoms with van der Waals surface area (Å²) < 4.78 is 13.2. The Morgan fingerprint density at radius 2 is 2.05 bits per heavy atom. The van der Waals surface area contributed by atoms with Gasteiger partial charge in [-0.25, -0.2) is 4.39 Å². The van der Waals surface area contributed by atoms with E-state index in [2.05, 4.69) is 5.32 Å². The molecular formula is C14H12ClFN2O2. The van der Waals surface area contributed by atoms with Crippen LogP contribution in [-0.4, -0.2) is 4.92 Å². The summed E-state index contributed by atoms with van der Waals surface area (Å²) in [6.45, 7) is 2.17. The third kappa shape index (κ3) is 3.45. The molecule has 0 saturated heterocycles. The maximum Gasteiger partial charge on any atom is 0.271 e. The molecule has 0 fully saturated rings. The van der Waals surface area contributed by atoms with Gasteiger partial charge in [-0.2, -0.15) is 0 Å². The fourth-order valence-corrected chi connectivity index (χ4v) is 2.07. The van der Waals surface area contributed by atoms with Gasteiger partial charge in [0, 0.05) is 29.4 Å². The zero-order valence-corrected chi connectivity index (χ0v) is 11.4. The molecule has 0 atom stereocenters. The van der Waals surface area contributed by atoms with Crippen molar-refractivity contribution >= 4 is 23.0 Å². The molecule has 6 heteroatoms. The first-order valence-electron chi connectivity index (χ1n) is 5.89. The lowest BCUT2D eigenvalue weighted by Crippen LogP contribution is -2.02. The average molecular weight is 295 g/mol. The summed E-state index contributed by atoms with van der Waals surface area (Å²) >= 11 is 5.77. The van der Waals surface area contributed by atoms with Gasteiger partial charge < -0.3 is 5.32 Å². The number of hydrogen-bond donors (Lipinski definition) is 1. The number of benzene rings is 2. The van der Waals surface area contributed by atoms with E-state index in [0.29, 0.717) is 22.8 Å². The third-order valence-electron chi connectivity index (χ3n) is 2.84. The standard InChI is InChI=1S/C14H12ClFN2O2/c1-9-2-3-13(18(19)20)7-14(9)17-8-10-4-11(15)6-12(16)5-10/h2-7,17H,8H2,1H3. The molecule has 0 radical (unpaired) electrons. The monoisotopic (exact) mass is 294 g/mol. The third-order valence-corrected chi connectivity index (χ3v) is 3.06. The number of halogens is 2. The number of hydrogen-bond acceptors (Lipinski definition) is 3. The maximum atomic E-state index is 13.2. The van der Waals surface area contributed by atoms with Gasteiger partial charge in [0.1, 0.15) is 5.82 Å². The first-order valence-corrected chi connectivity index (χ1v) is 6.27. The molecule has 2 aromatic rings. The quantitative estimate of drug-likeness (QED) is 0.675. The molecule has 0 spiro atoms. The molecule has 0 unspecified atom stereocenters. The molecular weight excluding hydrogens is 283 g/mol. The molecule has 0 aromatic heterocycles. The van der Waals surface area contributed by atoms with Gasteiger partial charge in [0.05, 0.1) is 4.92 Å². The molecule has 0 aliphatic rings. The Morgan fingerprint density at radius 1 is 1.30 bits per heavy atom. The highest BCUT2D eigenvalue weighted by atomic mass is 35.5. The van der Waals surface area contributed by atoms with Crippen LogP contribution in [0.3, 0.4) is 0 Å². The molecule has 1 N–H and O–H groups in total. The largest absolute Gasteiger partial charge is 0.381 e. The minimum Gasteiger partial charge on any atom is -0.381 e. The average Bonchev–Trinajstić information content (AvgIpc) is 2.36. The summed E-state index contributed by atoms with van der Waals surface area (Å²) in [5.41, 5.74) is 2.19. The molecule has 0 aliphatic heterocycles. The van der Waals surface area contributed by atoms with E-state index in [-0.39, 0.29) is 5.69 Å². The van der Waals surface area contributed by atoms with Crippen LogP contribution in [0.25, 0.3) is 0 Å².